The van der Waals surface area contributed by atoms with Crippen molar-refractivity contribution < 1.29 is 18.0 Å². The van der Waals surface area contributed by atoms with Crippen LogP contribution in [0, 0.1) is 12.8 Å². The molecule has 0 saturated heterocycles. The fourth-order valence-electron chi connectivity index (χ4n) is 4.20. The van der Waals surface area contributed by atoms with Gasteiger partial charge in [0, 0.05) is 24.0 Å². The van der Waals surface area contributed by atoms with Crippen LogP contribution in [0.15, 0.2) is 83.3 Å². The van der Waals surface area contributed by atoms with E-state index in [1.54, 1.807) is 24.3 Å². The third-order valence-electron chi connectivity index (χ3n) is 6.36. The first kappa shape index (κ1) is 30.4. The van der Waals surface area contributed by atoms with Crippen molar-refractivity contribution in [2.75, 3.05) is 23.7 Å². The van der Waals surface area contributed by atoms with E-state index >= 15 is 0 Å². The predicted molar refractivity (Wildman–Crippen MR) is 160 cm³/mol. The Labute approximate surface area is 240 Å². The number of carbonyl (C=O) groups is 2. The summed E-state index contributed by atoms with van der Waals surface area (Å²) in [6, 6.07) is 23.2. The Morgan fingerprint density at radius 2 is 1.54 bits per heavy atom. The molecule has 3 rings (SSSR count). The summed E-state index contributed by atoms with van der Waals surface area (Å²) in [4.78, 5) is 29.2. The summed E-state index contributed by atoms with van der Waals surface area (Å²) in [6.45, 7) is 6.13. The first-order valence-electron chi connectivity index (χ1n) is 12.8. The molecule has 0 saturated carbocycles. The van der Waals surface area contributed by atoms with E-state index in [1.807, 2.05) is 75.4 Å². The number of para-hydroxylation sites is 1. The van der Waals surface area contributed by atoms with E-state index in [4.69, 9.17) is 0 Å². The molecule has 7 nitrogen and oxygen atoms in total. The van der Waals surface area contributed by atoms with Gasteiger partial charge < -0.3 is 10.2 Å². The monoisotopic (exact) mass is 613 g/mol. The molecule has 0 aliphatic heterocycles. The second-order valence-corrected chi connectivity index (χ2v) is 12.8. The van der Waals surface area contributed by atoms with Crippen LogP contribution in [-0.2, 0) is 32.6 Å². The highest BCUT2D eigenvalue weighted by Gasteiger charge is 2.33. The van der Waals surface area contributed by atoms with Crippen molar-refractivity contribution >= 4 is 43.5 Å². The normalized spacial score (nSPS) is 12.2. The van der Waals surface area contributed by atoms with Crippen molar-refractivity contribution in [2.45, 2.75) is 39.8 Å². The largest absolute Gasteiger partial charge is 0.354 e. The number of amides is 2. The lowest BCUT2D eigenvalue weighted by Crippen LogP contribution is -2.53. The molecule has 0 aromatic heterocycles. The van der Waals surface area contributed by atoms with Crippen LogP contribution in [0.25, 0.3) is 0 Å². The van der Waals surface area contributed by atoms with Crippen LogP contribution in [0.5, 0.6) is 0 Å². The number of carbonyl (C=O) groups excluding carboxylic acids is 2. The molecule has 0 unspecified atom stereocenters. The third-order valence-corrected chi connectivity index (χ3v) is 8.15. The molecule has 9 heteroatoms. The first-order valence-corrected chi connectivity index (χ1v) is 15.5. The van der Waals surface area contributed by atoms with Crippen LogP contribution in [0.4, 0.5) is 5.69 Å². The smallest absolute Gasteiger partial charge is 0.244 e. The molecule has 1 N–H and O–H groups in total. The lowest BCUT2D eigenvalue weighted by Gasteiger charge is -2.34. The Kier molecular flexibility index (Phi) is 10.7. The number of hydrogen-bond acceptors (Lipinski definition) is 4. The minimum atomic E-state index is -3.82. The Bertz CT molecular complexity index is 1380. The van der Waals surface area contributed by atoms with Crippen molar-refractivity contribution in [3.8, 4) is 0 Å². The fourth-order valence-corrected chi connectivity index (χ4v) is 5.67. The number of aryl methyl sites for hydroxylation is 1. The van der Waals surface area contributed by atoms with Gasteiger partial charge in [0.1, 0.15) is 12.6 Å². The quantitative estimate of drug-likeness (QED) is 0.314. The maximum Gasteiger partial charge on any atom is 0.244 e. The van der Waals surface area contributed by atoms with Crippen molar-refractivity contribution in [1.29, 1.82) is 0 Å². The number of nitrogens with zero attached hydrogens (tertiary/aromatic N) is 2. The number of halogens is 1. The highest BCUT2D eigenvalue weighted by atomic mass is 79.9. The summed E-state index contributed by atoms with van der Waals surface area (Å²) >= 11 is 3.41. The molecule has 0 spiro atoms. The van der Waals surface area contributed by atoms with Gasteiger partial charge in [-0.1, -0.05) is 80.6 Å². The summed E-state index contributed by atoms with van der Waals surface area (Å²) in [7, 11) is -3.82. The second kappa shape index (κ2) is 13.8. The number of benzene rings is 3. The second-order valence-electron chi connectivity index (χ2n) is 10.0. The van der Waals surface area contributed by atoms with E-state index < -0.39 is 28.5 Å². The predicted octanol–water partition coefficient (Wildman–Crippen LogP) is 4.94. The van der Waals surface area contributed by atoms with Crippen molar-refractivity contribution in [3.63, 3.8) is 0 Å². The maximum atomic E-state index is 14.1. The van der Waals surface area contributed by atoms with E-state index in [-0.39, 0.29) is 24.8 Å². The minimum absolute atomic E-state index is 0.158. The number of nitrogens with one attached hydrogen (secondary N) is 1. The zero-order valence-corrected chi connectivity index (χ0v) is 25.2. The molecule has 3 aromatic carbocycles. The summed E-state index contributed by atoms with van der Waals surface area (Å²) in [5.41, 5.74) is 3.11. The molecule has 0 bridgehead atoms. The molecule has 208 valence electrons. The molecule has 0 heterocycles. The SMILES string of the molecule is Cc1ccccc1CN(C(=O)CN(c1ccccc1Br)S(C)(=O)=O)[C@H](Cc1ccccc1)C(=O)NCC(C)C. The van der Waals surface area contributed by atoms with Crippen molar-refractivity contribution in [2.24, 2.45) is 5.92 Å². The zero-order chi connectivity index (χ0) is 28.6. The Hall–Kier alpha value is -3.17. The van der Waals surface area contributed by atoms with E-state index in [1.165, 1.54) is 4.90 Å². The Morgan fingerprint density at radius 1 is 0.923 bits per heavy atom. The zero-order valence-electron chi connectivity index (χ0n) is 22.8. The summed E-state index contributed by atoms with van der Waals surface area (Å²) in [5, 5.41) is 2.99. The van der Waals surface area contributed by atoms with Gasteiger partial charge in [-0.2, -0.15) is 0 Å². The van der Waals surface area contributed by atoms with Crippen LogP contribution < -0.4 is 9.62 Å². The third kappa shape index (κ3) is 8.66. The van der Waals surface area contributed by atoms with Gasteiger partial charge in [-0.3, -0.25) is 13.9 Å². The number of rotatable bonds is 12. The number of sulfonamides is 1. The van der Waals surface area contributed by atoms with Crippen LogP contribution in [0.2, 0.25) is 0 Å². The lowest BCUT2D eigenvalue weighted by molar-refractivity contribution is -0.140. The van der Waals surface area contributed by atoms with Crippen molar-refractivity contribution in [3.05, 3.63) is 100 Å². The molecule has 0 aliphatic carbocycles. The molecule has 0 aliphatic rings. The lowest BCUT2D eigenvalue weighted by atomic mass is 10.0. The van der Waals surface area contributed by atoms with Gasteiger partial charge in [-0.15, -0.1) is 0 Å². The minimum Gasteiger partial charge on any atom is -0.354 e. The van der Waals surface area contributed by atoms with Gasteiger partial charge in [0.05, 0.1) is 11.9 Å². The van der Waals surface area contributed by atoms with E-state index in [0.717, 1.165) is 27.3 Å². The number of hydrogen-bond donors (Lipinski definition) is 1. The van der Waals surface area contributed by atoms with E-state index in [9.17, 15) is 18.0 Å². The van der Waals surface area contributed by atoms with Crippen LogP contribution in [0.3, 0.4) is 0 Å². The summed E-state index contributed by atoms with van der Waals surface area (Å²) in [6.07, 6.45) is 1.36. The molecular weight excluding hydrogens is 578 g/mol. The van der Waals surface area contributed by atoms with Crippen LogP contribution in [-0.4, -0.2) is 50.5 Å². The van der Waals surface area contributed by atoms with Gasteiger partial charge in [0.2, 0.25) is 21.8 Å². The number of anilines is 1. The van der Waals surface area contributed by atoms with Gasteiger partial charge in [-0.05, 0) is 57.6 Å². The summed E-state index contributed by atoms with van der Waals surface area (Å²) < 4.78 is 27.4. The molecular formula is C30H36BrN3O4S. The topological polar surface area (TPSA) is 86.8 Å². The fraction of sp³-hybridized carbons (Fsp3) is 0.333. The highest BCUT2D eigenvalue weighted by Crippen LogP contribution is 2.28. The Balaban J connectivity index is 2.06. The molecule has 0 radical (unpaired) electrons. The van der Waals surface area contributed by atoms with Gasteiger partial charge in [-0.25, -0.2) is 8.42 Å². The van der Waals surface area contributed by atoms with Crippen molar-refractivity contribution in [1.82, 2.24) is 10.2 Å². The van der Waals surface area contributed by atoms with Gasteiger partial charge >= 0.3 is 0 Å². The van der Waals surface area contributed by atoms with Crippen LogP contribution >= 0.6 is 15.9 Å². The van der Waals surface area contributed by atoms with Crippen LogP contribution in [0.1, 0.15) is 30.5 Å². The van der Waals surface area contributed by atoms with E-state index in [2.05, 4.69) is 21.2 Å². The highest BCUT2D eigenvalue weighted by molar-refractivity contribution is 9.10. The standard InChI is InChI=1S/C30H36BrN3O4S/c1-22(2)19-32-30(36)28(18-24-13-6-5-7-14-24)33(20-25-15-9-8-12-23(25)3)29(35)21-34(39(4,37)38)27-17-11-10-16-26(27)31/h5-17,22,28H,18-21H2,1-4H3,(H,32,36)/t28-/m1/s1. The molecule has 39 heavy (non-hydrogen) atoms. The van der Waals surface area contributed by atoms with E-state index in [0.29, 0.717) is 16.7 Å². The first-order chi connectivity index (χ1) is 18.5. The average Bonchev–Trinajstić information content (AvgIpc) is 2.89. The summed E-state index contributed by atoms with van der Waals surface area (Å²) in [5.74, 6) is -0.524. The van der Waals surface area contributed by atoms with Gasteiger partial charge in [0.15, 0.2) is 0 Å². The molecule has 0 fully saturated rings. The molecule has 3 aromatic rings. The van der Waals surface area contributed by atoms with Gasteiger partial charge in [0.25, 0.3) is 0 Å². The molecule has 1 atom stereocenters. The average molecular weight is 615 g/mol. The maximum absolute atomic E-state index is 14.1. The molecule has 2 amide bonds. The Morgan fingerprint density at radius 3 is 2.15 bits per heavy atom.